The molecular formula is C35H45ClN4O7S. The van der Waals surface area contributed by atoms with Crippen LogP contribution in [0.2, 0.25) is 5.02 Å². The maximum Gasteiger partial charge on any atom is 0.259 e. The largest absolute Gasteiger partial charge is 0.495 e. The van der Waals surface area contributed by atoms with Gasteiger partial charge in [-0.25, -0.2) is 13.4 Å². The Hall–Kier alpha value is -3.38. The SMILES string of the molecule is CC[C@H]1CC(=O)N2C[C@H](Oc3nccc4cc(OC)c(Cl)cc34)C[C@H]2C(=O)N[C@]2(C(=O)NS(=O)(=O)C3(C)CC3)C[C@H]2/C=C\CC[C@H](C)C1. The minimum Gasteiger partial charge on any atom is -0.495 e. The molecule has 48 heavy (non-hydrogen) atoms. The number of benzene rings is 1. The number of nitrogens with zero attached hydrogens (tertiary/aromatic N) is 2. The highest BCUT2D eigenvalue weighted by Crippen LogP contribution is 2.47. The van der Waals surface area contributed by atoms with Gasteiger partial charge in [0.1, 0.15) is 23.4 Å². The number of carbonyl (C=O) groups is 3. The summed E-state index contributed by atoms with van der Waals surface area (Å²) in [6, 6.07) is 4.41. The fourth-order valence-electron chi connectivity index (χ4n) is 7.11. The van der Waals surface area contributed by atoms with Crippen molar-refractivity contribution in [3.63, 3.8) is 0 Å². The highest BCUT2D eigenvalue weighted by Gasteiger charge is 2.63. The average Bonchev–Trinajstić information content (AvgIpc) is 3.92. The fourth-order valence-corrected chi connectivity index (χ4v) is 8.67. The highest BCUT2D eigenvalue weighted by molar-refractivity contribution is 7.91. The van der Waals surface area contributed by atoms with Crippen LogP contribution in [0.1, 0.15) is 78.6 Å². The van der Waals surface area contributed by atoms with E-state index in [9.17, 15) is 22.8 Å². The molecule has 1 aromatic heterocycles. The van der Waals surface area contributed by atoms with Crippen molar-refractivity contribution in [3.8, 4) is 11.6 Å². The molecule has 1 saturated heterocycles. The second kappa shape index (κ2) is 13.2. The third-order valence-corrected chi connectivity index (χ3v) is 13.2. The molecule has 0 bridgehead atoms. The number of nitrogens with one attached hydrogen (secondary N) is 2. The molecule has 0 unspecified atom stereocenters. The van der Waals surface area contributed by atoms with Gasteiger partial charge in [0, 0.05) is 30.3 Å². The van der Waals surface area contributed by atoms with Crippen LogP contribution >= 0.6 is 11.6 Å². The van der Waals surface area contributed by atoms with Crippen LogP contribution in [-0.2, 0) is 24.4 Å². The maximum absolute atomic E-state index is 14.2. The molecule has 4 aliphatic rings. The molecule has 0 radical (unpaired) electrons. The Morgan fingerprint density at radius 3 is 2.71 bits per heavy atom. The summed E-state index contributed by atoms with van der Waals surface area (Å²) in [6.07, 6.45) is 10.1. The first kappa shape index (κ1) is 34.5. The lowest BCUT2D eigenvalue weighted by molar-refractivity contribution is -0.140. The minimum atomic E-state index is -3.93. The fraction of sp³-hybridized carbons (Fsp3) is 0.600. The summed E-state index contributed by atoms with van der Waals surface area (Å²) in [5, 5.41) is 4.79. The normalized spacial score (nSPS) is 31.0. The lowest BCUT2D eigenvalue weighted by Crippen LogP contribution is -2.57. The van der Waals surface area contributed by atoms with E-state index >= 15 is 0 Å². The first-order chi connectivity index (χ1) is 22.8. The van der Waals surface area contributed by atoms with Gasteiger partial charge < -0.3 is 19.7 Å². The third-order valence-electron chi connectivity index (χ3n) is 10.7. The molecule has 3 amide bonds. The van der Waals surface area contributed by atoms with Gasteiger partial charge in [-0.2, -0.15) is 0 Å². The topological polar surface area (TPSA) is 144 Å². The van der Waals surface area contributed by atoms with Crippen molar-refractivity contribution in [2.24, 2.45) is 17.8 Å². The highest BCUT2D eigenvalue weighted by atomic mass is 35.5. The Morgan fingerprint density at radius 2 is 2.00 bits per heavy atom. The molecule has 13 heteroatoms. The molecular weight excluding hydrogens is 656 g/mol. The molecule has 260 valence electrons. The molecule has 1 aromatic carbocycles. The van der Waals surface area contributed by atoms with Crippen LogP contribution < -0.4 is 19.5 Å². The summed E-state index contributed by atoms with van der Waals surface area (Å²) in [5.41, 5.74) is -1.43. The van der Waals surface area contributed by atoms with Crippen molar-refractivity contribution >= 4 is 50.1 Å². The number of allylic oxidation sites excluding steroid dienone is 1. The lowest BCUT2D eigenvalue weighted by Gasteiger charge is -2.28. The van der Waals surface area contributed by atoms with Crippen LogP contribution in [0.5, 0.6) is 11.6 Å². The second-order valence-electron chi connectivity index (χ2n) is 14.3. The number of halogens is 1. The second-order valence-corrected chi connectivity index (χ2v) is 16.9. The van der Waals surface area contributed by atoms with Crippen molar-refractivity contribution in [1.29, 1.82) is 0 Å². The van der Waals surface area contributed by atoms with Crippen LogP contribution in [0.25, 0.3) is 10.8 Å². The van der Waals surface area contributed by atoms with Crippen molar-refractivity contribution < 1.29 is 32.3 Å². The van der Waals surface area contributed by atoms with Gasteiger partial charge in [-0.1, -0.05) is 44.0 Å². The number of methoxy groups -OCH3 is 1. The number of carbonyl (C=O) groups excluding carboxylic acids is 3. The molecule has 2 saturated carbocycles. The molecule has 2 aromatic rings. The number of pyridine rings is 1. The Morgan fingerprint density at radius 1 is 1.23 bits per heavy atom. The zero-order chi connectivity index (χ0) is 34.4. The predicted molar refractivity (Wildman–Crippen MR) is 182 cm³/mol. The zero-order valence-electron chi connectivity index (χ0n) is 28.0. The molecule has 0 spiro atoms. The van der Waals surface area contributed by atoms with Gasteiger partial charge in [-0.15, -0.1) is 0 Å². The molecule has 3 heterocycles. The molecule has 6 atom stereocenters. The van der Waals surface area contributed by atoms with E-state index in [-0.39, 0.29) is 37.1 Å². The minimum absolute atomic E-state index is 0.151. The van der Waals surface area contributed by atoms with E-state index in [1.165, 1.54) is 7.11 Å². The lowest BCUT2D eigenvalue weighted by atomic mass is 9.88. The van der Waals surface area contributed by atoms with Gasteiger partial charge in [0.05, 0.1) is 23.4 Å². The van der Waals surface area contributed by atoms with E-state index in [4.69, 9.17) is 21.1 Å². The van der Waals surface area contributed by atoms with E-state index in [2.05, 4.69) is 28.9 Å². The number of rotatable bonds is 7. The number of hydrogen-bond acceptors (Lipinski definition) is 8. The summed E-state index contributed by atoms with van der Waals surface area (Å²) in [7, 11) is -2.39. The third kappa shape index (κ3) is 6.75. The van der Waals surface area contributed by atoms with Gasteiger partial charge in [-0.05, 0) is 80.9 Å². The summed E-state index contributed by atoms with van der Waals surface area (Å²) in [6.45, 7) is 6.03. The monoisotopic (exact) mass is 700 g/mol. The Labute approximate surface area is 287 Å². The smallest absolute Gasteiger partial charge is 0.259 e. The number of sulfonamides is 1. The summed E-state index contributed by atoms with van der Waals surface area (Å²) < 4.78 is 39.1. The predicted octanol–water partition coefficient (Wildman–Crippen LogP) is 4.91. The Kier molecular flexibility index (Phi) is 9.45. The van der Waals surface area contributed by atoms with Crippen LogP contribution in [0.15, 0.2) is 36.5 Å². The first-order valence-corrected chi connectivity index (χ1v) is 18.8. The first-order valence-electron chi connectivity index (χ1n) is 16.9. The van der Waals surface area contributed by atoms with Gasteiger partial charge >= 0.3 is 0 Å². The number of hydrogen-bond donors (Lipinski definition) is 2. The van der Waals surface area contributed by atoms with Gasteiger partial charge in [-0.3, -0.25) is 19.1 Å². The molecule has 11 nitrogen and oxygen atoms in total. The van der Waals surface area contributed by atoms with Crippen molar-refractivity contribution in [3.05, 3.63) is 41.6 Å². The standard InChI is InChI=1S/C35H45ClN4O7S/c1-5-22-14-21(2)8-6-7-9-24-19-35(24,33(43)39-48(44,45)34(3)11-12-34)38-31(42)28-17-25(20-40(28)30(41)15-22)47-32-26-18-27(36)29(46-4)16-23(26)10-13-37-32/h7,9-10,13,16,18,21-22,24-25,28H,5-6,8,11-12,14-15,17,19-20H2,1-4H3,(H,38,42)(H,39,43)/b9-7-/t21-,22+,24+,25+,28-,35+/m0/s1. The van der Waals surface area contributed by atoms with Crippen LogP contribution in [0.3, 0.4) is 0 Å². The average molecular weight is 701 g/mol. The van der Waals surface area contributed by atoms with E-state index < -0.39 is 44.3 Å². The van der Waals surface area contributed by atoms with Crippen LogP contribution in [0, 0.1) is 17.8 Å². The molecule has 2 N–H and O–H groups in total. The van der Waals surface area contributed by atoms with Crippen LogP contribution in [-0.4, -0.2) is 72.1 Å². The van der Waals surface area contributed by atoms with E-state index in [0.29, 0.717) is 47.2 Å². The molecule has 3 fully saturated rings. The van der Waals surface area contributed by atoms with Gasteiger partial charge in [0.15, 0.2) is 0 Å². The van der Waals surface area contributed by atoms with E-state index in [0.717, 1.165) is 31.1 Å². The quantitative estimate of drug-likeness (QED) is 0.388. The molecule has 2 aliphatic heterocycles. The van der Waals surface area contributed by atoms with Gasteiger partial charge in [0.2, 0.25) is 27.7 Å². The van der Waals surface area contributed by atoms with Crippen molar-refractivity contribution in [2.75, 3.05) is 13.7 Å². The van der Waals surface area contributed by atoms with Crippen molar-refractivity contribution in [1.82, 2.24) is 19.9 Å². The van der Waals surface area contributed by atoms with Gasteiger partial charge in [0.25, 0.3) is 5.91 Å². The number of ether oxygens (including phenoxy) is 2. The van der Waals surface area contributed by atoms with E-state index in [1.807, 2.05) is 18.2 Å². The number of aromatic nitrogens is 1. The van der Waals surface area contributed by atoms with Crippen molar-refractivity contribution in [2.45, 2.75) is 101 Å². The Balaban J connectivity index is 1.29. The number of amides is 3. The number of fused-ring (bicyclic) bond motifs is 3. The van der Waals surface area contributed by atoms with Crippen LogP contribution in [0.4, 0.5) is 0 Å². The summed E-state index contributed by atoms with van der Waals surface area (Å²) in [5.74, 6) is -0.401. The Bertz CT molecular complexity index is 1750. The van der Waals surface area contributed by atoms with E-state index in [1.54, 1.807) is 30.2 Å². The summed E-state index contributed by atoms with van der Waals surface area (Å²) in [4.78, 5) is 47.9. The maximum atomic E-state index is 14.2. The zero-order valence-corrected chi connectivity index (χ0v) is 29.5. The molecule has 2 aliphatic carbocycles. The summed E-state index contributed by atoms with van der Waals surface area (Å²) >= 11 is 6.43. The molecule has 6 rings (SSSR count).